The summed E-state index contributed by atoms with van der Waals surface area (Å²) in [6.45, 7) is 12.6. The first-order chi connectivity index (χ1) is 17.4. The third kappa shape index (κ3) is 5.17. The lowest BCUT2D eigenvalue weighted by molar-refractivity contribution is -0.130. The third-order valence-corrected chi connectivity index (χ3v) is 7.06. The van der Waals surface area contributed by atoms with E-state index in [0.29, 0.717) is 42.0 Å². The Morgan fingerprint density at radius 2 is 1.97 bits per heavy atom. The number of H-pyrrole nitrogens is 1. The first kappa shape index (κ1) is 26.6. The molecule has 4 N–H and O–H groups in total. The Morgan fingerprint density at radius 3 is 2.62 bits per heavy atom. The second-order valence-corrected chi connectivity index (χ2v) is 9.99. The first-order valence-corrected chi connectivity index (χ1v) is 12.6. The lowest BCUT2D eigenvalue weighted by Crippen LogP contribution is -2.42. The summed E-state index contributed by atoms with van der Waals surface area (Å²) in [6, 6.07) is 2.51. The molecule has 0 fully saturated rings. The third-order valence-electron chi connectivity index (χ3n) is 7.06. The van der Waals surface area contributed by atoms with E-state index in [9.17, 15) is 23.9 Å². The zero-order valence-corrected chi connectivity index (χ0v) is 21.9. The fourth-order valence-electron chi connectivity index (χ4n) is 4.69. The minimum Gasteiger partial charge on any atom is -0.381 e. The van der Waals surface area contributed by atoms with Crippen LogP contribution in [-0.2, 0) is 16.0 Å². The average Bonchev–Trinajstić information content (AvgIpc) is 3.31. The van der Waals surface area contributed by atoms with Crippen LogP contribution in [0.2, 0.25) is 0 Å². The van der Waals surface area contributed by atoms with E-state index in [1.807, 2.05) is 11.8 Å². The number of carbonyl (C=O) groups excluding carboxylic acids is 3. The molecule has 2 aliphatic heterocycles. The van der Waals surface area contributed by atoms with Gasteiger partial charge in [-0.1, -0.05) is 13.8 Å². The Labute approximate surface area is 215 Å². The summed E-state index contributed by atoms with van der Waals surface area (Å²) in [5.41, 5.74) is 1.95. The largest absolute Gasteiger partial charge is 0.381 e. The number of aliphatic hydroxyl groups is 1. The van der Waals surface area contributed by atoms with Gasteiger partial charge in [0.1, 0.15) is 11.4 Å². The monoisotopic (exact) mass is 511 g/mol. The highest BCUT2D eigenvalue weighted by Gasteiger charge is 2.32. The number of benzene rings is 1. The molecule has 1 aromatic heterocycles. The number of amides is 3. The van der Waals surface area contributed by atoms with Gasteiger partial charge in [0, 0.05) is 43.0 Å². The van der Waals surface area contributed by atoms with Crippen LogP contribution in [0.5, 0.6) is 0 Å². The van der Waals surface area contributed by atoms with Gasteiger partial charge >= 0.3 is 0 Å². The Balaban J connectivity index is 1.61. The Morgan fingerprint density at radius 1 is 1.27 bits per heavy atom. The number of rotatable bonds is 8. The average molecular weight is 512 g/mol. The van der Waals surface area contributed by atoms with Crippen LogP contribution in [0.1, 0.15) is 60.6 Å². The summed E-state index contributed by atoms with van der Waals surface area (Å²) in [5, 5.41) is 14.9. The molecule has 1 aromatic carbocycles. The van der Waals surface area contributed by atoms with Crippen LogP contribution >= 0.6 is 0 Å². The van der Waals surface area contributed by atoms with Crippen molar-refractivity contribution < 1.29 is 23.9 Å². The molecule has 4 rings (SSSR count). The van der Waals surface area contributed by atoms with E-state index in [0.717, 1.165) is 30.9 Å². The number of fused-ring (bicyclic) bond motifs is 2. The topological polar surface area (TPSA) is 118 Å². The van der Waals surface area contributed by atoms with Crippen molar-refractivity contribution in [3.8, 4) is 0 Å². The van der Waals surface area contributed by atoms with Gasteiger partial charge in [-0.05, 0) is 57.6 Å². The molecule has 9 nitrogen and oxygen atoms in total. The number of hydrogen-bond donors (Lipinski definition) is 4. The van der Waals surface area contributed by atoms with Gasteiger partial charge in [0.15, 0.2) is 0 Å². The number of nitrogens with one attached hydrogen (secondary N) is 3. The van der Waals surface area contributed by atoms with Crippen LogP contribution in [0, 0.1) is 12.7 Å². The number of hydrogen-bond acceptors (Lipinski definition) is 5. The predicted molar refractivity (Wildman–Crippen MR) is 141 cm³/mol. The number of aromatic nitrogens is 1. The van der Waals surface area contributed by atoms with Crippen LogP contribution in [0.3, 0.4) is 0 Å². The number of nitrogens with zero attached hydrogens (tertiary/aromatic N) is 2. The lowest BCUT2D eigenvalue weighted by atomic mass is 10.0. The molecule has 0 radical (unpaired) electrons. The molecule has 2 aliphatic rings. The van der Waals surface area contributed by atoms with Crippen LogP contribution in [0.4, 0.5) is 15.8 Å². The summed E-state index contributed by atoms with van der Waals surface area (Å²) >= 11 is 0. The number of aromatic amines is 1. The molecule has 3 heterocycles. The van der Waals surface area contributed by atoms with E-state index in [2.05, 4.69) is 34.4 Å². The Bertz CT molecular complexity index is 1290. The molecule has 0 aliphatic carbocycles. The summed E-state index contributed by atoms with van der Waals surface area (Å²) < 4.78 is 14.8. The van der Waals surface area contributed by atoms with Gasteiger partial charge in [-0.15, -0.1) is 0 Å². The van der Waals surface area contributed by atoms with Crippen LogP contribution in [-0.4, -0.2) is 75.9 Å². The minimum atomic E-state index is -1.69. The van der Waals surface area contributed by atoms with Crippen LogP contribution in [0.15, 0.2) is 12.1 Å². The molecule has 0 unspecified atom stereocenters. The summed E-state index contributed by atoms with van der Waals surface area (Å²) in [6.07, 6.45) is 2.32. The number of anilines is 2. The molecule has 3 amide bonds. The summed E-state index contributed by atoms with van der Waals surface area (Å²) in [4.78, 5) is 45.6. The predicted octanol–water partition coefficient (Wildman–Crippen LogP) is 3.00. The maximum Gasteiger partial charge on any atom is 0.256 e. The van der Waals surface area contributed by atoms with Crippen molar-refractivity contribution in [2.45, 2.75) is 46.6 Å². The van der Waals surface area contributed by atoms with Gasteiger partial charge in [-0.3, -0.25) is 14.4 Å². The van der Waals surface area contributed by atoms with Gasteiger partial charge in [0.25, 0.3) is 17.7 Å². The summed E-state index contributed by atoms with van der Waals surface area (Å²) in [7, 11) is 0. The molecule has 0 saturated carbocycles. The van der Waals surface area contributed by atoms with E-state index in [1.165, 1.54) is 26.0 Å². The molecule has 2 aromatic rings. The SMILES string of the molecule is CCN(CC)CCN1CCc2[nH]c(C=C3C(=O)Nc4cc(NC(=O)C(C)(C)O)c(F)cc43)c(C)c2C1=O. The maximum absolute atomic E-state index is 14.8. The van der Waals surface area contributed by atoms with Crippen molar-refractivity contribution in [1.82, 2.24) is 14.8 Å². The van der Waals surface area contributed by atoms with Gasteiger partial charge in [-0.2, -0.15) is 0 Å². The molecular weight excluding hydrogens is 477 g/mol. The van der Waals surface area contributed by atoms with Crippen molar-refractivity contribution >= 4 is 40.7 Å². The van der Waals surface area contributed by atoms with Gasteiger partial charge < -0.3 is 30.5 Å². The van der Waals surface area contributed by atoms with Crippen molar-refractivity contribution in [3.05, 3.63) is 46.0 Å². The van der Waals surface area contributed by atoms with Crippen LogP contribution in [0.25, 0.3) is 11.6 Å². The molecule has 0 atom stereocenters. The van der Waals surface area contributed by atoms with Gasteiger partial charge in [-0.25, -0.2) is 4.39 Å². The highest BCUT2D eigenvalue weighted by atomic mass is 19.1. The first-order valence-electron chi connectivity index (χ1n) is 12.6. The quantitative estimate of drug-likeness (QED) is 0.407. The zero-order valence-electron chi connectivity index (χ0n) is 21.9. The fraction of sp³-hybridized carbons (Fsp3) is 0.444. The molecular formula is C27H34FN5O4. The standard InChI is InChI=1S/C27H34FN5O4/c1-6-32(7-2)10-11-33-9-8-19-23(25(33)35)15(3)20(29-19)13-17-16-12-18(28)22(14-21(16)30-24(17)34)31-26(36)27(4,5)37/h12-14,29,37H,6-11H2,1-5H3,(H,30,34)(H,31,36). The fourth-order valence-corrected chi connectivity index (χ4v) is 4.69. The smallest absolute Gasteiger partial charge is 0.256 e. The second-order valence-electron chi connectivity index (χ2n) is 9.99. The zero-order chi connectivity index (χ0) is 27.1. The maximum atomic E-state index is 14.8. The molecule has 198 valence electrons. The molecule has 0 spiro atoms. The minimum absolute atomic E-state index is 0.0266. The molecule has 0 saturated heterocycles. The van der Waals surface area contributed by atoms with Crippen molar-refractivity contribution in [3.63, 3.8) is 0 Å². The van der Waals surface area contributed by atoms with Gasteiger partial charge in [0.2, 0.25) is 0 Å². The van der Waals surface area contributed by atoms with E-state index in [-0.39, 0.29) is 17.2 Å². The number of halogens is 1. The van der Waals surface area contributed by atoms with Crippen LogP contribution < -0.4 is 10.6 Å². The molecule has 0 bridgehead atoms. The number of likely N-dealkylation sites (N-methyl/N-ethyl adjacent to an activating group) is 1. The Hall–Kier alpha value is -3.50. The Kier molecular flexibility index (Phi) is 7.25. The van der Waals surface area contributed by atoms with E-state index >= 15 is 0 Å². The lowest BCUT2D eigenvalue weighted by Gasteiger charge is -2.29. The van der Waals surface area contributed by atoms with E-state index < -0.39 is 23.2 Å². The highest BCUT2D eigenvalue weighted by molar-refractivity contribution is 6.35. The molecule has 10 heteroatoms. The normalized spacial score (nSPS) is 16.3. The van der Waals surface area contributed by atoms with E-state index in [4.69, 9.17) is 0 Å². The van der Waals surface area contributed by atoms with Crippen molar-refractivity contribution in [1.29, 1.82) is 0 Å². The highest BCUT2D eigenvalue weighted by Crippen LogP contribution is 2.37. The van der Waals surface area contributed by atoms with E-state index in [1.54, 1.807) is 6.08 Å². The van der Waals surface area contributed by atoms with Crippen molar-refractivity contribution in [2.75, 3.05) is 43.4 Å². The second kappa shape index (κ2) is 10.1. The summed E-state index contributed by atoms with van der Waals surface area (Å²) in [5.74, 6) is -1.95. The van der Waals surface area contributed by atoms with Gasteiger partial charge in [0.05, 0.1) is 22.5 Å². The van der Waals surface area contributed by atoms with Crippen molar-refractivity contribution in [2.24, 2.45) is 0 Å². The number of carbonyl (C=O) groups is 3. The molecule has 37 heavy (non-hydrogen) atoms.